The van der Waals surface area contributed by atoms with Crippen molar-refractivity contribution >= 4 is 28.4 Å². The molecule has 2 heterocycles. The van der Waals surface area contributed by atoms with Gasteiger partial charge in [0, 0.05) is 36.4 Å². The molecule has 1 aliphatic heterocycles. The van der Waals surface area contributed by atoms with Crippen LogP contribution in [-0.2, 0) is 9.53 Å². The van der Waals surface area contributed by atoms with Crippen molar-refractivity contribution in [2.75, 3.05) is 18.0 Å². The van der Waals surface area contributed by atoms with Gasteiger partial charge < -0.3 is 9.64 Å². The molecule has 1 aromatic rings. The fourth-order valence-corrected chi connectivity index (χ4v) is 3.27. The Balaban J connectivity index is 1.94. The van der Waals surface area contributed by atoms with Crippen molar-refractivity contribution in [1.82, 2.24) is 0 Å². The minimum atomic E-state index is -0.326. The van der Waals surface area contributed by atoms with Crippen LogP contribution in [0.1, 0.15) is 24.6 Å². The summed E-state index contributed by atoms with van der Waals surface area (Å²) in [7, 11) is 0. The summed E-state index contributed by atoms with van der Waals surface area (Å²) < 4.78 is 5.38. The van der Waals surface area contributed by atoms with E-state index < -0.39 is 0 Å². The molecule has 2 rings (SSSR count). The number of ether oxygens (including phenoxy) is 1. The summed E-state index contributed by atoms with van der Waals surface area (Å²) in [6.07, 6.45) is 3.10. The van der Waals surface area contributed by atoms with Gasteiger partial charge in [-0.2, -0.15) is 10.5 Å². The molecule has 0 spiro atoms. The van der Waals surface area contributed by atoms with E-state index in [4.69, 9.17) is 15.3 Å². The lowest BCUT2D eigenvalue weighted by Crippen LogP contribution is -2.37. The van der Waals surface area contributed by atoms with Gasteiger partial charge in [0.05, 0.1) is 5.00 Å². The van der Waals surface area contributed by atoms with E-state index in [1.54, 1.807) is 24.3 Å². The fourth-order valence-electron chi connectivity index (χ4n) is 2.27. The van der Waals surface area contributed by atoms with Gasteiger partial charge in [-0.3, -0.25) is 0 Å². The summed E-state index contributed by atoms with van der Waals surface area (Å²) >= 11 is 1.54. The largest absolute Gasteiger partial charge is 0.459 e. The molecule has 0 atom stereocenters. The van der Waals surface area contributed by atoms with Crippen molar-refractivity contribution in [1.29, 1.82) is 10.5 Å². The van der Waals surface area contributed by atoms with Gasteiger partial charge in [-0.1, -0.05) is 6.58 Å². The highest BCUT2D eigenvalue weighted by molar-refractivity contribution is 7.16. The number of esters is 1. The van der Waals surface area contributed by atoms with Gasteiger partial charge in [-0.15, -0.1) is 11.3 Å². The molecule has 5 nitrogen and oxygen atoms in total. The lowest BCUT2D eigenvalue weighted by molar-refractivity contribution is -0.145. The molecular formula is C17H17N3O2S. The molecule has 1 saturated heterocycles. The molecule has 0 amide bonds. The molecule has 1 fully saturated rings. The van der Waals surface area contributed by atoms with E-state index in [2.05, 4.69) is 11.5 Å². The van der Waals surface area contributed by atoms with E-state index in [1.807, 2.05) is 24.3 Å². The van der Waals surface area contributed by atoms with E-state index in [0.717, 1.165) is 35.8 Å². The first kappa shape index (κ1) is 16.8. The molecule has 6 heteroatoms. The Hall–Kier alpha value is -2.57. The number of thiophene rings is 1. The molecule has 0 N–H and O–H groups in total. The Labute approximate surface area is 139 Å². The molecule has 0 aromatic carbocycles. The van der Waals surface area contributed by atoms with E-state index in [1.165, 1.54) is 0 Å². The first-order chi connectivity index (χ1) is 11.0. The number of nitrogens with zero attached hydrogens (tertiary/aromatic N) is 3. The maximum Gasteiger partial charge on any atom is 0.333 e. The number of hydrogen-bond acceptors (Lipinski definition) is 6. The van der Waals surface area contributed by atoms with Crippen LogP contribution in [0.2, 0.25) is 0 Å². The normalized spacial score (nSPS) is 14.5. The minimum Gasteiger partial charge on any atom is -0.459 e. The average Bonchev–Trinajstić information content (AvgIpc) is 3.01. The predicted molar refractivity (Wildman–Crippen MR) is 89.7 cm³/mol. The van der Waals surface area contributed by atoms with Gasteiger partial charge in [-0.25, -0.2) is 4.79 Å². The monoisotopic (exact) mass is 327 g/mol. The zero-order valence-corrected chi connectivity index (χ0v) is 13.7. The number of nitriles is 2. The van der Waals surface area contributed by atoms with Crippen molar-refractivity contribution in [2.24, 2.45) is 0 Å². The van der Waals surface area contributed by atoms with Gasteiger partial charge in [0.15, 0.2) is 0 Å². The van der Waals surface area contributed by atoms with E-state index in [-0.39, 0.29) is 17.6 Å². The molecule has 118 valence electrons. The van der Waals surface area contributed by atoms with Crippen molar-refractivity contribution in [2.45, 2.75) is 25.9 Å². The van der Waals surface area contributed by atoms with Crippen LogP contribution in [-0.4, -0.2) is 25.2 Å². The molecule has 1 aromatic heterocycles. The van der Waals surface area contributed by atoms with Gasteiger partial charge in [-0.05, 0) is 25.1 Å². The predicted octanol–water partition coefficient (Wildman–Crippen LogP) is 3.27. The summed E-state index contributed by atoms with van der Waals surface area (Å²) in [6, 6.07) is 7.61. The highest BCUT2D eigenvalue weighted by atomic mass is 32.1. The van der Waals surface area contributed by atoms with Crippen LogP contribution >= 0.6 is 11.3 Å². The van der Waals surface area contributed by atoms with Crippen LogP contribution in [0.25, 0.3) is 6.08 Å². The minimum absolute atomic E-state index is 0.0569. The highest BCUT2D eigenvalue weighted by Gasteiger charge is 2.23. The van der Waals surface area contributed by atoms with Crippen LogP contribution < -0.4 is 4.90 Å². The van der Waals surface area contributed by atoms with Gasteiger partial charge in [0.2, 0.25) is 0 Å². The molecule has 0 unspecified atom stereocenters. The Kier molecular flexibility index (Phi) is 5.56. The molecule has 0 aliphatic carbocycles. The molecule has 23 heavy (non-hydrogen) atoms. The smallest absolute Gasteiger partial charge is 0.333 e. The second-order valence-corrected chi connectivity index (χ2v) is 6.42. The van der Waals surface area contributed by atoms with E-state index >= 15 is 0 Å². The Bertz CT molecular complexity index is 697. The van der Waals surface area contributed by atoms with Crippen LogP contribution in [0.5, 0.6) is 0 Å². The molecular weight excluding hydrogens is 310 g/mol. The Morgan fingerprint density at radius 1 is 1.39 bits per heavy atom. The van der Waals surface area contributed by atoms with E-state index in [0.29, 0.717) is 5.57 Å². The standard InChI is InChI=1S/C17H17N3O2S/c1-12(2)17(21)22-14-5-7-20(8-6-14)16-4-3-15(23-16)9-13(10-18)11-19/h3-4,9,14H,1,5-8H2,2H3. The number of anilines is 1. The molecule has 0 saturated carbocycles. The Morgan fingerprint density at radius 3 is 2.61 bits per heavy atom. The summed E-state index contributed by atoms with van der Waals surface area (Å²) in [5.41, 5.74) is 0.525. The van der Waals surface area contributed by atoms with Gasteiger partial charge in [0.25, 0.3) is 0 Å². The number of carbonyl (C=O) groups excluding carboxylic acids is 1. The second-order valence-electron chi connectivity index (χ2n) is 5.33. The summed E-state index contributed by atoms with van der Waals surface area (Å²) in [6.45, 7) is 6.85. The summed E-state index contributed by atoms with van der Waals surface area (Å²) in [5.74, 6) is -0.326. The molecule has 0 bridgehead atoms. The third kappa shape index (κ3) is 4.45. The van der Waals surface area contributed by atoms with Crippen LogP contribution in [0.4, 0.5) is 5.00 Å². The van der Waals surface area contributed by atoms with Gasteiger partial charge in [0.1, 0.15) is 23.8 Å². The third-order valence-electron chi connectivity index (χ3n) is 3.52. The van der Waals surface area contributed by atoms with Crippen molar-refractivity contribution in [3.63, 3.8) is 0 Å². The number of carbonyl (C=O) groups is 1. The molecule has 0 radical (unpaired) electrons. The number of allylic oxidation sites excluding steroid dienone is 1. The van der Waals surface area contributed by atoms with Gasteiger partial charge >= 0.3 is 5.97 Å². The second kappa shape index (κ2) is 7.62. The fraction of sp³-hybridized carbons (Fsp3) is 0.353. The Morgan fingerprint density at radius 2 is 2.04 bits per heavy atom. The summed E-state index contributed by atoms with van der Waals surface area (Å²) in [5, 5.41) is 18.7. The quantitative estimate of drug-likeness (QED) is 0.482. The first-order valence-corrected chi connectivity index (χ1v) is 8.08. The van der Waals surface area contributed by atoms with Crippen LogP contribution in [0.15, 0.2) is 29.9 Å². The third-order valence-corrected chi connectivity index (χ3v) is 4.61. The van der Waals surface area contributed by atoms with Crippen molar-refractivity contribution < 1.29 is 9.53 Å². The SMILES string of the molecule is C=C(C)C(=O)OC1CCN(c2ccc(C=C(C#N)C#N)s2)CC1. The maximum absolute atomic E-state index is 11.5. The van der Waals surface area contributed by atoms with Crippen LogP contribution in [0, 0.1) is 22.7 Å². The van der Waals surface area contributed by atoms with E-state index in [9.17, 15) is 4.79 Å². The highest BCUT2D eigenvalue weighted by Crippen LogP contribution is 2.30. The zero-order valence-electron chi connectivity index (χ0n) is 12.9. The van der Waals surface area contributed by atoms with Crippen LogP contribution in [0.3, 0.4) is 0 Å². The topological polar surface area (TPSA) is 77.1 Å². The molecule has 1 aliphatic rings. The lowest BCUT2D eigenvalue weighted by Gasteiger charge is -2.32. The van der Waals surface area contributed by atoms with Crippen molar-refractivity contribution in [3.05, 3.63) is 34.7 Å². The number of piperidine rings is 1. The lowest BCUT2D eigenvalue weighted by atomic mass is 10.1. The zero-order chi connectivity index (χ0) is 16.8. The number of rotatable bonds is 4. The summed E-state index contributed by atoms with van der Waals surface area (Å²) in [4.78, 5) is 14.6. The average molecular weight is 327 g/mol. The van der Waals surface area contributed by atoms with Crippen molar-refractivity contribution in [3.8, 4) is 12.1 Å². The number of hydrogen-bond donors (Lipinski definition) is 0. The maximum atomic E-state index is 11.5. The first-order valence-electron chi connectivity index (χ1n) is 7.26.